The molecule has 0 aliphatic rings. The number of aliphatic carboxylic acids is 1. The fourth-order valence-corrected chi connectivity index (χ4v) is 2.54. The first-order valence-electron chi connectivity index (χ1n) is 6.38. The Kier molecular flexibility index (Phi) is 4.89. The van der Waals surface area contributed by atoms with Crippen molar-refractivity contribution in [3.8, 4) is 0 Å². The standard InChI is InChI=1S/C14H15N3O3S/c1-2-15-13(18)10-8-9(5-6-16-10)17-12(14(19)20)11-4-3-7-21-11/h3-8,12H,2H2,1H3,(H,15,18)(H,16,17)(H,19,20). The molecule has 2 aromatic heterocycles. The van der Waals surface area contributed by atoms with Gasteiger partial charge in [0.2, 0.25) is 0 Å². The number of hydrogen-bond acceptors (Lipinski definition) is 5. The average molecular weight is 305 g/mol. The van der Waals surface area contributed by atoms with E-state index in [1.807, 2.05) is 12.3 Å². The second-order valence-electron chi connectivity index (χ2n) is 4.22. The molecule has 2 aromatic rings. The average Bonchev–Trinajstić information content (AvgIpc) is 2.99. The van der Waals surface area contributed by atoms with Gasteiger partial charge in [0.25, 0.3) is 5.91 Å². The summed E-state index contributed by atoms with van der Waals surface area (Å²) in [5.41, 5.74) is 0.782. The van der Waals surface area contributed by atoms with Gasteiger partial charge in [0.05, 0.1) is 0 Å². The van der Waals surface area contributed by atoms with Gasteiger partial charge < -0.3 is 15.7 Å². The molecule has 0 fully saturated rings. The Morgan fingerprint density at radius 2 is 2.24 bits per heavy atom. The zero-order chi connectivity index (χ0) is 15.2. The highest BCUT2D eigenvalue weighted by atomic mass is 32.1. The number of carboxylic acids is 1. The highest BCUT2D eigenvalue weighted by Gasteiger charge is 2.21. The van der Waals surface area contributed by atoms with Gasteiger partial charge in [-0.1, -0.05) is 6.07 Å². The van der Waals surface area contributed by atoms with Crippen LogP contribution in [-0.4, -0.2) is 28.5 Å². The van der Waals surface area contributed by atoms with E-state index in [0.717, 1.165) is 0 Å². The van der Waals surface area contributed by atoms with Crippen molar-refractivity contribution in [3.05, 3.63) is 46.4 Å². The number of carboxylic acid groups (broad SMARTS) is 1. The molecule has 2 heterocycles. The van der Waals surface area contributed by atoms with E-state index in [1.54, 1.807) is 18.2 Å². The van der Waals surface area contributed by atoms with Gasteiger partial charge in [0, 0.05) is 23.3 Å². The minimum atomic E-state index is -0.978. The predicted molar refractivity (Wildman–Crippen MR) is 80.6 cm³/mol. The lowest BCUT2D eigenvalue weighted by molar-refractivity contribution is -0.138. The molecular formula is C14H15N3O3S. The molecule has 0 aliphatic heterocycles. The van der Waals surface area contributed by atoms with Crippen LogP contribution in [0.15, 0.2) is 35.8 Å². The summed E-state index contributed by atoms with van der Waals surface area (Å²) in [7, 11) is 0. The fourth-order valence-electron chi connectivity index (χ4n) is 1.77. The summed E-state index contributed by atoms with van der Waals surface area (Å²) in [5, 5.41) is 16.7. The largest absolute Gasteiger partial charge is 0.479 e. The van der Waals surface area contributed by atoms with Crippen molar-refractivity contribution in [2.75, 3.05) is 11.9 Å². The maximum absolute atomic E-state index is 11.7. The van der Waals surface area contributed by atoms with Crippen LogP contribution >= 0.6 is 11.3 Å². The van der Waals surface area contributed by atoms with Crippen LogP contribution in [0.3, 0.4) is 0 Å². The number of nitrogens with zero attached hydrogens (tertiary/aromatic N) is 1. The molecule has 0 spiro atoms. The van der Waals surface area contributed by atoms with Crippen molar-refractivity contribution in [3.63, 3.8) is 0 Å². The highest BCUT2D eigenvalue weighted by Crippen LogP contribution is 2.24. The Morgan fingerprint density at radius 3 is 2.86 bits per heavy atom. The Bertz CT molecular complexity index is 628. The van der Waals surface area contributed by atoms with Crippen molar-refractivity contribution in [1.82, 2.24) is 10.3 Å². The lowest BCUT2D eigenvalue weighted by atomic mass is 10.2. The quantitative estimate of drug-likeness (QED) is 0.760. The van der Waals surface area contributed by atoms with Gasteiger partial charge in [0.15, 0.2) is 6.04 Å². The van der Waals surface area contributed by atoms with Crippen LogP contribution in [0, 0.1) is 0 Å². The van der Waals surface area contributed by atoms with E-state index in [-0.39, 0.29) is 11.6 Å². The van der Waals surface area contributed by atoms with Gasteiger partial charge in [-0.3, -0.25) is 9.78 Å². The number of anilines is 1. The molecule has 1 amide bonds. The molecule has 0 aliphatic carbocycles. The highest BCUT2D eigenvalue weighted by molar-refractivity contribution is 7.10. The minimum absolute atomic E-state index is 0.247. The third-order valence-corrected chi connectivity index (χ3v) is 3.65. The first-order valence-corrected chi connectivity index (χ1v) is 7.26. The maximum atomic E-state index is 11.7. The van der Waals surface area contributed by atoms with Crippen LogP contribution in [0.25, 0.3) is 0 Å². The summed E-state index contributed by atoms with van der Waals surface area (Å²) in [4.78, 5) is 27.8. The summed E-state index contributed by atoms with van der Waals surface area (Å²) < 4.78 is 0. The third kappa shape index (κ3) is 3.79. The summed E-state index contributed by atoms with van der Waals surface area (Å²) in [6.45, 7) is 2.32. The Morgan fingerprint density at radius 1 is 1.43 bits per heavy atom. The first-order chi connectivity index (χ1) is 10.1. The topological polar surface area (TPSA) is 91.3 Å². The zero-order valence-electron chi connectivity index (χ0n) is 11.4. The van der Waals surface area contributed by atoms with E-state index in [2.05, 4.69) is 15.6 Å². The second kappa shape index (κ2) is 6.85. The Balaban J connectivity index is 2.20. The molecule has 0 radical (unpaired) electrons. The van der Waals surface area contributed by atoms with Crippen LogP contribution in [0.1, 0.15) is 28.3 Å². The smallest absolute Gasteiger partial charge is 0.331 e. The molecule has 0 saturated heterocycles. The molecule has 2 rings (SSSR count). The van der Waals surface area contributed by atoms with Crippen LogP contribution in [0.2, 0.25) is 0 Å². The molecule has 1 atom stereocenters. The van der Waals surface area contributed by atoms with Crippen molar-refractivity contribution in [1.29, 1.82) is 0 Å². The summed E-state index contributed by atoms with van der Waals surface area (Å²) >= 11 is 1.36. The number of pyridine rings is 1. The van der Waals surface area contributed by atoms with E-state index < -0.39 is 12.0 Å². The van der Waals surface area contributed by atoms with E-state index in [0.29, 0.717) is 17.1 Å². The van der Waals surface area contributed by atoms with E-state index in [9.17, 15) is 14.7 Å². The molecule has 3 N–H and O–H groups in total. The molecule has 7 heteroatoms. The van der Waals surface area contributed by atoms with E-state index in [1.165, 1.54) is 23.6 Å². The normalized spacial score (nSPS) is 11.7. The van der Waals surface area contributed by atoms with Crippen molar-refractivity contribution < 1.29 is 14.7 Å². The number of nitrogens with one attached hydrogen (secondary N) is 2. The molecule has 0 saturated carbocycles. The number of amides is 1. The summed E-state index contributed by atoms with van der Waals surface area (Å²) in [5.74, 6) is -1.27. The van der Waals surface area contributed by atoms with Gasteiger partial charge in [-0.05, 0) is 30.5 Å². The molecule has 1 unspecified atom stereocenters. The molecule has 0 aromatic carbocycles. The summed E-state index contributed by atoms with van der Waals surface area (Å²) in [6, 6.07) is 5.86. The minimum Gasteiger partial charge on any atom is -0.479 e. The first kappa shape index (κ1) is 15.0. The Labute approximate surface area is 125 Å². The van der Waals surface area contributed by atoms with E-state index >= 15 is 0 Å². The monoisotopic (exact) mass is 305 g/mol. The predicted octanol–water partition coefficient (Wildman–Crippen LogP) is 2.13. The molecular weight excluding hydrogens is 290 g/mol. The third-order valence-electron chi connectivity index (χ3n) is 2.72. The van der Waals surface area contributed by atoms with Crippen LogP contribution in [0.4, 0.5) is 5.69 Å². The molecule has 110 valence electrons. The summed E-state index contributed by atoms with van der Waals surface area (Å²) in [6.07, 6.45) is 1.47. The van der Waals surface area contributed by atoms with Crippen LogP contribution in [-0.2, 0) is 4.79 Å². The zero-order valence-corrected chi connectivity index (χ0v) is 12.2. The van der Waals surface area contributed by atoms with E-state index in [4.69, 9.17) is 0 Å². The van der Waals surface area contributed by atoms with Crippen LogP contribution in [0.5, 0.6) is 0 Å². The number of aromatic nitrogens is 1. The van der Waals surface area contributed by atoms with Crippen molar-refractivity contribution in [2.45, 2.75) is 13.0 Å². The molecule has 6 nitrogen and oxygen atoms in total. The van der Waals surface area contributed by atoms with Crippen LogP contribution < -0.4 is 10.6 Å². The van der Waals surface area contributed by atoms with Crippen molar-refractivity contribution >= 4 is 28.9 Å². The van der Waals surface area contributed by atoms with Gasteiger partial charge in [-0.2, -0.15) is 0 Å². The number of carbonyl (C=O) groups is 2. The van der Waals surface area contributed by atoms with Crippen molar-refractivity contribution in [2.24, 2.45) is 0 Å². The van der Waals surface area contributed by atoms with Gasteiger partial charge in [-0.15, -0.1) is 11.3 Å². The number of hydrogen-bond donors (Lipinski definition) is 3. The number of rotatable bonds is 6. The van der Waals surface area contributed by atoms with Gasteiger partial charge in [-0.25, -0.2) is 4.79 Å². The lowest BCUT2D eigenvalue weighted by Crippen LogP contribution is -2.24. The fraction of sp³-hybridized carbons (Fsp3) is 0.214. The van der Waals surface area contributed by atoms with Gasteiger partial charge in [0.1, 0.15) is 5.69 Å². The second-order valence-corrected chi connectivity index (χ2v) is 5.20. The Hall–Kier alpha value is -2.41. The lowest BCUT2D eigenvalue weighted by Gasteiger charge is -2.14. The number of thiophene rings is 1. The number of carbonyl (C=O) groups excluding carboxylic acids is 1. The van der Waals surface area contributed by atoms with Gasteiger partial charge >= 0.3 is 5.97 Å². The molecule has 21 heavy (non-hydrogen) atoms. The molecule has 0 bridgehead atoms. The maximum Gasteiger partial charge on any atom is 0.331 e. The SMILES string of the molecule is CCNC(=O)c1cc(NC(C(=O)O)c2cccs2)ccn1.